The minimum Gasteiger partial charge on any atom is -0.384 e. The molecule has 0 heterocycles. The third kappa shape index (κ3) is 1.53. The van der Waals surface area contributed by atoms with Crippen LogP contribution in [-0.2, 0) is 0 Å². The van der Waals surface area contributed by atoms with Gasteiger partial charge < -0.3 is 5.32 Å². The molecule has 0 aromatic carbocycles. The number of nitrogens with one attached hydrogen (secondary N) is 1. The molecule has 0 aliphatic heterocycles. The molecule has 1 heteroatoms. The zero-order valence-electron chi connectivity index (χ0n) is 7.20. The van der Waals surface area contributed by atoms with Crippen molar-refractivity contribution < 1.29 is 0 Å². The van der Waals surface area contributed by atoms with Gasteiger partial charge in [0.1, 0.15) is 0 Å². The molecular weight excluding hydrogens is 122 g/mol. The van der Waals surface area contributed by atoms with Gasteiger partial charge in [-0.2, -0.15) is 0 Å². The first kappa shape index (κ1) is 7.64. The van der Waals surface area contributed by atoms with Gasteiger partial charge in [-0.25, -0.2) is 0 Å². The Morgan fingerprint density at radius 1 is 1.50 bits per heavy atom. The molecule has 1 aliphatic rings. The summed E-state index contributed by atoms with van der Waals surface area (Å²) in [5.74, 6) is 0. The molecule has 0 atom stereocenters. The minimum atomic E-state index is 0.427. The Morgan fingerprint density at radius 2 is 2.10 bits per heavy atom. The molecule has 1 fully saturated rings. The van der Waals surface area contributed by atoms with Gasteiger partial charge in [0, 0.05) is 11.2 Å². The lowest BCUT2D eigenvalue weighted by Crippen LogP contribution is -2.46. The fraction of sp³-hybridized carbons (Fsp3) is 0.778. The topological polar surface area (TPSA) is 12.0 Å². The third-order valence-electron chi connectivity index (χ3n) is 2.39. The van der Waals surface area contributed by atoms with Gasteiger partial charge >= 0.3 is 0 Å². The van der Waals surface area contributed by atoms with E-state index in [9.17, 15) is 0 Å². The summed E-state index contributed by atoms with van der Waals surface area (Å²) in [6.07, 6.45) is 6.18. The van der Waals surface area contributed by atoms with Crippen molar-refractivity contribution in [1.82, 2.24) is 5.32 Å². The third-order valence-corrected chi connectivity index (χ3v) is 2.39. The maximum Gasteiger partial charge on any atom is 0.0342 e. The molecule has 1 aliphatic carbocycles. The van der Waals surface area contributed by atoms with Gasteiger partial charge in [-0.3, -0.25) is 0 Å². The Morgan fingerprint density at radius 3 is 2.40 bits per heavy atom. The normalized spacial score (nSPS) is 23.7. The number of allylic oxidation sites excluding steroid dienone is 2. The lowest BCUT2D eigenvalue weighted by molar-refractivity contribution is 0.228. The fourth-order valence-electron chi connectivity index (χ4n) is 1.38. The molecule has 0 aromatic rings. The van der Waals surface area contributed by atoms with Crippen LogP contribution in [0.15, 0.2) is 11.8 Å². The monoisotopic (exact) mass is 139 g/mol. The van der Waals surface area contributed by atoms with E-state index in [2.05, 4.69) is 32.2 Å². The second kappa shape index (κ2) is 2.65. The zero-order valence-corrected chi connectivity index (χ0v) is 7.20. The number of hydrogen-bond acceptors (Lipinski definition) is 1. The van der Waals surface area contributed by atoms with Crippen LogP contribution in [0.2, 0.25) is 0 Å². The average molecular weight is 139 g/mol. The highest BCUT2D eigenvalue weighted by atomic mass is 15.0. The number of rotatable bonds is 2. The van der Waals surface area contributed by atoms with E-state index in [0.717, 1.165) is 0 Å². The van der Waals surface area contributed by atoms with Crippen LogP contribution in [0.25, 0.3) is 0 Å². The SMILES string of the molecule is CC=C(C)NC1(C)CCC1. The standard InChI is InChI=1S/C9H17N/c1-4-8(2)10-9(3)6-5-7-9/h4,10H,5-7H2,1-3H3. The highest BCUT2D eigenvalue weighted by Crippen LogP contribution is 2.31. The second-order valence-corrected chi connectivity index (χ2v) is 3.51. The molecule has 10 heavy (non-hydrogen) atoms. The summed E-state index contributed by atoms with van der Waals surface area (Å²) in [6.45, 7) is 6.50. The predicted molar refractivity (Wildman–Crippen MR) is 44.8 cm³/mol. The van der Waals surface area contributed by atoms with Crippen molar-refractivity contribution in [2.45, 2.75) is 45.6 Å². The summed E-state index contributed by atoms with van der Waals surface area (Å²) >= 11 is 0. The summed E-state index contributed by atoms with van der Waals surface area (Å²) < 4.78 is 0. The van der Waals surface area contributed by atoms with Crippen LogP contribution in [0.3, 0.4) is 0 Å². The summed E-state index contributed by atoms with van der Waals surface area (Å²) in [4.78, 5) is 0. The average Bonchev–Trinajstić information content (AvgIpc) is 1.84. The van der Waals surface area contributed by atoms with Crippen LogP contribution in [0.4, 0.5) is 0 Å². The number of hydrogen-bond donors (Lipinski definition) is 1. The maximum absolute atomic E-state index is 3.50. The smallest absolute Gasteiger partial charge is 0.0342 e. The Kier molecular flexibility index (Phi) is 2.02. The van der Waals surface area contributed by atoms with E-state index in [-0.39, 0.29) is 0 Å². The molecule has 0 radical (unpaired) electrons. The second-order valence-electron chi connectivity index (χ2n) is 3.51. The molecule has 0 aromatic heterocycles. The molecule has 1 rings (SSSR count). The van der Waals surface area contributed by atoms with Crippen molar-refractivity contribution in [3.63, 3.8) is 0 Å². The molecule has 1 N–H and O–H groups in total. The first-order valence-electron chi connectivity index (χ1n) is 4.07. The lowest BCUT2D eigenvalue weighted by atomic mass is 9.78. The Hall–Kier alpha value is -0.460. The highest BCUT2D eigenvalue weighted by Gasteiger charge is 2.30. The van der Waals surface area contributed by atoms with E-state index in [1.807, 2.05) is 0 Å². The minimum absolute atomic E-state index is 0.427. The molecule has 0 unspecified atom stereocenters. The van der Waals surface area contributed by atoms with Crippen LogP contribution in [0, 0.1) is 0 Å². The molecule has 1 nitrogen and oxygen atoms in total. The lowest BCUT2D eigenvalue weighted by Gasteiger charge is -2.40. The van der Waals surface area contributed by atoms with Crippen molar-refractivity contribution in [1.29, 1.82) is 0 Å². The van der Waals surface area contributed by atoms with Crippen molar-refractivity contribution in [2.75, 3.05) is 0 Å². The van der Waals surface area contributed by atoms with Crippen LogP contribution in [0.5, 0.6) is 0 Å². The summed E-state index contributed by atoms with van der Waals surface area (Å²) in [7, 11) is 0. The van der Waals surface area contributed by atoms with E-state index >= 15 is 0 Å². The van der Waals surface area contributed by atoms with Gasteiger partial charge in [-0.05, 0) is 40.0 Å². The van der Waals surface area contributed by atoms with Crippen LogP contribution < -0.4 is 5.32 Å². The molecule has 58 valence electrons. The first-order chi connectivity index (χ1) is 4.66. The predicted octanol–water partition coefficient (Wildman–Crippen LogP) is 2.44. The Bertz CT molecular complexity index is 143. The van der Waals surface area contributed by atoms with Gasteiger partial charge in [0.05, 0.1) is 0 Å². The summed E-state index contributed by atoms with van der Waals surface area (Å²) in [5.41, 5.74) is 1.73. The van der Waals surface area contributed by atoms with E-state index < -0.39 is 0 Å². The quantitative estimate of drug-likeness (QED) is 0.619. The molecular formula is C9H17N. The summed E-state index contributed by atoms with van der Waals surface area (Å²) in [5, 5.41) is 3.50. The van der Waals surface area contributed by atoms with Crippen LogP contribution in [0.1, 0.15) is 40.0 Å². The van der Waals surface area contributed by atoms with E-state index in [0.29, 0.717) is 5.54 Å². The molecule has 0 spiro atoms. The largest absolute Gasteiger partial charge is 0.384 e. The van der Waals surface area contributed by atoms with Crippen molar-refractivity contribution in [3.05, 3.63) is 11.8 Å². The summed E-state index contributed by atoms with van der Waals surface area (Å²) in [6, 6.07) is 0. The Balaban J connectivity index is 2.37. The fourth-order valence-corrected chi connectivity index (χ4v) is 1.38. The van der Waals surface area contributed by atoms with Gasteiger partial charge in [0.2, 0.25) is 0 Å². The van der Waals surface area contributed by atoms with E-state index in [1.165, 1.54) is 25.0 Å². The van der Waals surface area contributed by atoms with E-state index in [4.69, 9.17) is 0 Å². The van der Waals surface area contributed by atoms with Crippen molar-refractivity contribution >= 4 is 0 Å². The molecule has 0 bridgehead atoms. The van der Waals surface area contributed by atoms with Crippen molar-refractivity contribution in [3.8, 4) is 0 Å². The Labute approximate surface area is 63.5 Å². The molecule has 0 amide bonds. The molecule has 1 saturated carbocycles. The van der Waals surface area contributed by atoms with E-state index in [1.54, 1.807) is 0 Å². The van der Waals surface area contributed by atoms with Gasteiger partial charge in [0.15, 0.2) is 0 Å². The van der Waals surface area contributed by atoms with Crippen LogP contribution in [-0.4, -0.2) is 5.54 Å². The van der Waals surface area contributed by atoms with Gasteiger partial charge in [-0.15, -0.1) is 0 Å². The zero-order chi connectivity index (χ0) is 7.61. The van der Waals surface area contributed by atoms with Gasteiger partial charge in [0.25, 0.3) is 0 Å². The molecule has 0 saturated heterocycles. The van der Waals surface area contributed by atoms with Crippen molar-refractivity contribution in [2.24, 2.45) is 0 Å². The highest BCUT2D eigenvalue weighted by molar-refractivity contribution is 5.03. The van der Waals surface area contributed by atoms with Crippen LogP contribution >= 0.6 is 0 Å². The first-order valence-corrected chi connectivity index (χ1v) is 4.07. The maximum atomic E-state index is 3.50. The van der Waals surface area contributed by atoms with Gasteiger partial charge in [-0.1, -0.05) is 6.08 Å².